The number of allylic oxidation sites excluding steroid dienone is 2. The molecule has 0 aliphatic rings. The molecule has 0 heterocycles. The van der Waals surface area contributed by atoms with Gasteiger partial charge in [0, 0.05) is 18.4 Å². The number of hydrogen-bond donors (Lipinski definition) is 1. The minimum Gasteiger partial charge on any atom is -0.512 e. The maximum Gasteiger partial charge on any atom is 0.159 e. The van der Waals surface area contributed by atoms with E-state index in [1.165, 1.54) is 6.08 Å². The van der Waals surface area contributed by atoms with Crippen molar-refractivity contribution in [3.63, 3.8) is 0 Å². The van der Waals surface area contributed by atoms with E-state index in [9.17, 15) is 9.90 Å². The average molecular weight is 212 g/mol. The Hall–Kier alpha value is -0.790. The van der Waals surface area contributed by atoms with Crippen molar-refractivity contribution in [2.75, 3.05) is 0 Å². The van der Waals surface area contributed by atoms with Crippen LogP contribution in [0.15, 0.2) is 11.8 Å². The molecule has 0 fully saturated rings. The second-order valence-corrected chi connectivity index (χ2v) is 5.16. The molecule has 0 aliphatic heterocycles. The molecular weight excluding hydrogens is 188 g/mol. The van der Waals surface area contributed by atoms with Gasteiger partial charge in [-0.3, -0.25) is 4.79 Å². The van der Waals surface area contributed by atoms with E-state index >= 15 is 0 Å². The van der Waals surface area contributed by atoms with Gasteiger partial charge in [-0.2, -0.15) is 0 Å². The van der Waals surface area contributed by atoms with E-state index in [1.807, 2.05) is 20.8 Å². The summed E-state index contributed by atoms with van der Waals surface area (Å²) in [5.74, 6) is 1.23. The average Bonchev–Trinajstić information content (AvgIpc) is 2.00. The van der Waals surface area contributed by atoms with Gasteiger partial charge < -0.3 is 5.11 Å². The molecule has 15 heavy (non-hydrogen) atoms. The summed E-state index contributed by atoms with van der Waals surface area (Å²) < 4.78 is 0. The lowest BCUT2D eigenvalue weighted by Gasteiger charge is -2.13. The van der Waals surface area contributed by atoms with E-state index in [0.717, 1.165) is 6.42 Å². The zero-order chi connectivity index (χ0) is 12.0. The van der Waals surface area contributed by atoms with Gasteiger partial charge in [0.1, 0.15) is 0 Å². The third-order valence-electron chi connectivity index (χ3n) is 2.25. The fraction of sp³-hybridized carbons (Fsp3) is 0.769. The van der Waals surface area contributed by atoms with E-state index in [0.29, 0.717) is 18.3 Å². The van der Waals surface area contributed by atoms with E-state index in [-0.39, 0.29) is 17.5 Å². The lowest BCUT2D eigenvalue weighted by atomic mass is 9.96. The van der Waals surface area contributed by atoms with E-state index in [2.05, 4.69) is 13.8 Å². The van der Waals surface area contributed by atoms with Crippen LogP contribution in [-0.4, -0.2) is 10.9 Å². The maximum absolute atomic E-state index is 11.4. The zero-order valence-corrected chi connectivity index (χ0v) is 10.6. The number of aliphatic hydroxyl groups excluding tert-OH is 1. The van der Waals surface area contributed by atoms with Crippen LogP contribution in [0.1, 0.15) is 47.5 Å². The highest BCUT2D eigenvalue weighted by Crippen LogP contribution is 2.18. The highest BCUT2D eigenvalue weighted by Gasteiger charge is 2.11. The number of hydrogen-bond acceptors (Lipinski definition) is 2. The summed E-state index contributed by atoms with van der Waals surface area (Å²) >= 11 is 0. The first-order valence-corrected chi connectivity index (χ1v) is 5.76. The Kier molecular flexibility index (Phi) is 6.30. The molecule has 0 aromatic heterocycles. The van der Waals surface area contributed by atoms with Crippen LogP contribution < -0.4 is 0 Å². The van der Waals surface area contributed by atoms with Crippen molar-refractivity contribution in [2.45, 2.75) is 47.5 Å². The second kappa shape index (κ2) is 6.65. The van der Waals surface area contributed by atoms with Crippen molar-refractivity contribution in [1.29, 1.82) is 0 Å². The van der Waals surface area contributed by atoms with Crippen LogP contribution in [0, 0.1) is 17.8 Å². The molecule has 0 rings (SSSR count). The highest BCUT2D eigenvalue weighted by molar-refractivity contribution is 5.90. The quantitative estimate of drug-likeness (QED) is 0.538. The van der Waals surface area contributed by atoms with Crippen LogP contribution in [0.4, 0.5) is 0 Å². The summed E-state index contributed by atoms with van der Waals surface area (Å²) in [5, 5.41) is 9.69. The molecule has 0 spiro atoms. The van der Waals surface area contributed by atoms with Crippen molar-refractivity contribution in [1.82, 2.24) is 0 Å². The smallest absolute Gasteiger partial charge is 0.159 e. The predicted molar refractivity (Wildman–Crippen MR) is 63.8 cm³/mol. The zero-order valence-electron chi connectivity index (χ0n) is 10.6. The standard InChI is InChI=1S/C13H24O2/c1-9(2)6-11(5)13(15)8-12(14)7-10(3)4/h8-11,15H,6-7H2,1-5H3. The molecule has 0 saturated heterocycles. The van der Waals surface area contributed by atoms with Gasteiger partial charge in [-0.1, -0.05) is 34.6 Å². The maximum atomic E-state index is 11.4. The number of aliphatic hydroxyl groups is 1. The molecule has 1 atom stereocenters. The van der Waals surface area contributed by atoms with Crippen molar-refractivity contribution < 1.29 is 9.90 Å². The molecule has 1 N–H and O–H groups in total. The molecule has 0 aromatic carbocycles. The summed E-state index contributed by atoms with van der Waals surface area (Å²) in [4.78, 5) is 11.4. The summed E-state index contributed by atoms with van der Waals surface area (Å²) in [6.45, 7) is 10.2. The Morgan fingerprint density at radius 2 is 1.67 bits per heavy atom. The fourth-order valence-corrected chi connectivity index (χ4v) is 1.60. The predicted octanol–water partition coefficient (Wildman–Crippen LogP) is 3.73. The monoisotopic (exact) mass is 212 g/mol. The minimum atomic E-state index is 0.0260. The lowest BCUT2D eigenvalue weighted by molar-refractivity contribution is -0.115. The first-order chi connectivity index (χ1) is 6.82. The molecule has 88 valence electrons. The third kappa shape index (κ3) is 7.18. The first kappa shape index (κ1) is 14.2. The lowest BCUT2D eigenvalue weighted by Crippen LogP contribution is -2.07. The van der Waals surface area contributed by atoms with Gasteiger partial charge in [0.2, 0.25) is 0 Å². The van der Waals surface area contributed by atoms with Crippen molar-refractivity contribution in [3.05, 3.63) is 11.8 Å². The van der Waals surface area contributed by atoms with E-state index in [1.54, 1.807) is 0 Å². The van der Waals surface area contributed by atoms with Crippen LogP contribution in [0.25, 0.3) is 0 Å². The van der Waals surface area contributed by atoms with Gasteiger partial charge in [-0.15, -0.1) is 0 Å². The van der Waals surface area contributed by atoms with Crippen molar-refractivity contribution in [3.8, 4) is 0 Å². The summed E-state index contributed by atoms with van der Waals surface area (Å²) in [7, 11) is 0. The number of rotatable bonds is 6. The van der Waals surface area contributed by atoms with Gasteiger partial charge >= 0.3 is 0 Å². The summed E-state index contributed by atoms with van der Waals surface area (Å²) in [5.41, 5.74) is 0. The Balaban J connectivity index is 4.22. The van der Waals surface area contributed by atoms with Crippen molar-refractivity contribution in [2.24, 2.45) is 17.8 Å². The first-order valence-electron chi connectivity index (χ1n) is 5.76. The van der Waals surface area contributed by atoms with Gasteiger partial charge in [0.15, 0.2) is 5.78 Å². The van der Waals surface area contributed by atoms with Crippen LogP contribution in [0.2, 0.25) is 0 Å². The number of carbonyl (C=O) groups excluding carboxylic acids is 1. The molecule has 1 unspecified atom stereocenters. The normalized spacial score (nSPS) is 14.7. The molecular formula is C13H24O2. The third-order valence-corrected chi connectivity index (χ3v) is 2.25. The van der Waals surface area contributed by atoms with E-state index in [4.69, 9.17) is 0 Å². The second-order valence-electron chi connectivity index (χ2n) is 5.16. The largest absolute Gasteiger partial charge is 0.512 e. The molecule has 2 heteroatoms. The SMILES string of the molecule is CC(C)CC(=O)C=C(O)C(C)CC(C)C. The molecule has 0 aliphatic carbocycles. The van der Waals surface area contributed by atoms with Crippen molar-refractivity contribution >= 4 is 5.78 Å². The van der Waals surface area contributed by atoms with Gasteiger partial charge in [-0.25, -0.2) is 0 Å². The van der Waals surface area contributed by atoms with Gasteiger partial charge in [-0.05, 0) is 18.3 Å². The molecule has 0 radical (unpaired) electrons. The van der Waals surface area contributed by atoms with Gasteiger partial charge in [0.05, 0.1) is 5.76 Å². The Morgan fingerprint density at radius 1 is 1.13 bits per heavy atom. The topological polar surface area (TPSA) is 37.3 Å². The fourth-order valence-electron chi connectivity index (χ4n) is 1.60. The molecule has 0 aromatic rings. The molecule has 2 nitrogen and oxygen atoms in total. The van der Waals surface area contributed by atoms with Crippen LogP contribution in [-0.2, 0) is 4.79 Å². The van der Waals surface area contributed by atoms with Gasteiger partial charge in [0.25, 0.3) is 0 Å². The molecule has 0 bridgehead atoms. The summed E-state index contributed by atoms with van der Waals surface area (Å²) in [6, 6.07) is 0. The minimum absolute atomic E-state index is 0.0260. The Bertz CT molecular complexity index is 227. The van der Waals surface area contributed by atoms with E-state index < -0.39 is 0 Å². The van der Waals surface area contributed by atoms with Crippen LogP contribution in [0.5, 0.6) is 0 Å². The Morgan fingerprint density at radius 3 is 2.07 bits per heavy atom. The Labute approximate surface area is 93.4 Å². The molecule has 0 amide bonds. The van der Waals surface area contributed by atoms with Crippen LogP contribution >= 0.6 is 0 Å². The highest BCUT2D eigenvalue weighted by atomic mass is 16.3. The molecule has 0 saturated carbocycles. The summed E-state index contributed by atoms with van der Waals surface area (Å²) in [6.07, 6.45) is 2.82. The number of ketones is 1. The van der Waals surface area contributed by atoms with Crippen LogP contribution in [0.3, 0.4) is 0 Å². The number of carbonyl (C=O) groups is 1.